The summed E-state index contributed by atoms with van der Waals surface area (Å²) in [6.45, 7) is 5.37. The van der Waals surface area contributed by atoms with Crippen LogP contribution in [0.3, 0.4) is 0 Å². The third-order valence-electron chi connectivity index (χ3n) is 5.28. The summed E-state index contributed by atoms with van der Waals surface area (Å²) in [5.41, 5.74) is 2.89. The Bertz CT molecular complexity index is 927. The third kappa shape index (κ3) is 4.67. The Labute approximate surface area is 181 Å². The van der Waals surface area contributed by atoms with E-state index in [1.807, 2.05) is 43.3 Å². The molecule has 1 aromatic heterocycles. The maximum absolute atomic E-state index is 12.4. The van der Waals surface area contributed by atoms with Crippen molar-refractivity contribution in [2.75, 3.05) is 37.7 Å². The van der Waals surface area contributed by atoms with Gasteiger partial charge < -0.3 is 19.3 Å². The van der Waals surface area contributed by atoms with Crippen molar-refractivity contribution in [3.63, 3.8) is 0 Å². The summed E-state index contributed by atoms with van der Waals surface area (Å²) in [5.74, 6) is 1.78. The normalized spacial score (nSPS) is 16.0. The second-order valence-electron chi connectivity index (χ2n) is 7.24. The van der Waals surface area contributed by atoms with Crippen molar-refractivity contribution < 1.29 is 14.3 Å². The van der Waals surface area contributed by atoms with Gasteiger partial charge in [-0.25, -0.2) is 14.8 Å². The van der Waals surface area contributed by atoms with Gasteiger partial charge in [-0.2, -0.15) is 0 Å². The van der Waals surface area contributed by atoms with Gasteiger partial charge in [0.2, 0.25) is 5.28 Å². The number of hydrogen-bond donors (Lipinski definition) is 0. The molecular formula is C22H25ClN4O3. The molecule has 1 aliphatic heterocycles. The van der Waals surface area contributed by atoms with Crippen molar-refractivity contribution in [1.29, 1.82) is 0 Å². The number of fused-ring (bicyclic) bond motifs is 1. The molecule has 1 fully saturated rings. The molecule has 7 nitrogen and oxygen atoms in total. The highest BCUT2D eigenvalue weighted by Gasteiger charge is 2.27. The second-order valence-corrected chi connectivity index (χ2v) is 7.58. The van der Waals surface area contributed by atoms with E-state index in [-0.39, 0.29) is 18.0 Å². The van der Waals surface area contributed by atoms with E-state index in [9.17, 15) is 4.79 Å². The van der Waals surface area contributed by atoms with Gasteiger partial charge in [0.1, 0.15) is 12.4 Å². The van der Waals surface area contributed by atoms with Crippen LogP contribution in [-0.2, 0) is 22.5 Å². The fourth-order valence-electron chi connectivity index (χ4n) is 3.77. The van der Waals surface area contributed by atoms with Crippen molar-refractivity contribution in [2.45, 2.75) is 26.4 Å². The Morgan fingerprint density at radius 3 is 2.60 bits per heavy atom. The molecule has 2 aliphatic rings. The minimum absolute atomic E-state index is 0.224. The molecule has 0 unspecified atom stereocenters. The molecule has 0 N–H and O–H groups in total. The predicted octanol–water partition coefficient (Wildman–Crippen LogP) is 3.91. The molecule has 2 heterocycles. The lowest BCUT2D eigenvalue weighted by molar-refractivity contribution is 0.0941. The standard InChI is InChI=1S/C22H25ClN4O3/c1-2-29-17-8-9-18-19(14-17)24-21(23)25-20(18)26-10-12-27(13-11-26)22(28)30-15-16-6-4-3-5-7-16/h3-7,14H,2,8-13,15H2,1H3. The van der Waals surface area contributed by atoms with Gasteiger partial charge >= 0.3 is 6.09 Å². The largest absolute Gasteiger partial charge is 0.498 e. The average Bonchev–Trinajstić information content (AvgIpc) is 2.78. The van der Waals surface area contributed by atoms with Gasteiger partial charge in [0.25, 0.3) is 0 Å². The van der Waals surface area contributed by atoms with Gasteiger partial charge in [0, 0.05) is 44.2 Å². The minimum atomic E-state index is -0.287. The number of ether oxygens (including phenoxy) is 2. The Morgan fingerprint density at radius 2 is 1.87 bits per heavy atom. The number of aromatic nitrogens is 2. The molecular weight excluding hydrogens is 404 g/mol. The molecule has 30 heavy (non-hydrogen) atoms. The fourth-order valence-corrected chi connectivity index (χ4v) is 3.94. The summed E-state index contributed by atoms with van der Waals surface area (Å²) >= 11 is 6.20. The predicted molar refractivity (Wildman–Crippen MR) is 115 cm³/mol. The molecule has 0 radical (unpaired) electrons. The summed E-state index contributed by atoms with van der Waals surface area (Å²) in [7, 11) is 0. The lowest BCUT2D eigenvalue weighted by Gasteiger charge is -2.36. The number of rotatable bonds is 5. The number of carbonyl (C=O) groups excluding carboxylic acids is 1. The summed E-state index contributed by atoms with van der Waals surface area (Å²) in [5, 5.41) is 0.224. The zero-order valence-corrected chi connectivity index (χ0v) is 17.8. The molecule has 0 spiro atoms. The molecule has 0 saturated carbocycles. The van der Waals surface area contributed by atoms with Gasteiger partial charge in [0.15, 0.2) is 0 Å². The molecule has 1 aromatic carbocycles. The Balaban J connectivity index is 1.39. The van der Waals surface area contributed by atoms with E-state index in [0.717, 1.165) is 41.2 Å². The molecule has 8 heteroatoms. The van der Waals surface area contributed by atoms with Crippen molar-refractivity contribution in [2.24, 2.45) is 0 Å². The van der Waals surface area contributed by atoms with Crippen LogP contribution in [-0.4, -0.2) is 53.7 Å². The Hall–Kier alpha value is -2.80. The van der Waals surface area contributed by atoms with E-state index in [0.29, 0.717) is 32.8 Å². The van der Waals surface area contributed by atoms with Crippen molar-refractivity contribution in [1.82, 2.24) is 14.9 Å². The topological polar surface area (TPSA) is 67.8 Å². The van der Waals surface area contributed by atoms with E-state index < -0.39 is 0 Å². The maximum atomic E-state index is 12.4. The summed E-state index contributed by atoms with van der Waals surface area (Å²) in [4.78, 5) is 25.2. The van der Waals surface area contributed by atoms with Crippen LogP contribution in [0.2, 0.25) is 5.28 Å². The smallest absolute Gasteiger partial charge is 0.410 e. The van der Waals surface area contributed by atoms with Crippen LogP contribution in [0.15, 0.2) is 36.1 Å². The van der Waals surface area contributed by atoms with E-state index in [1.54, 1.807) is 4.90 Å². The van der Waals surface area contributed by atoms with E-state index in [2.05, 4.69) is 14.9 Å². The van der Waals surface area contributed by atoms with Crippen LogP contribution < -0.4 is 4.90 Å². The Morgan fingerprint density at radius 1 is 1.10 bits per heavy atom. The van der Waals surface area contributed by atoms with Crippen molar-refractivity contribution in [3.8, 4) is 0 Å². The van der Waals surface area contributed by atoms with Gasteiger partial charge in [-0.05, 0) is 30.5 Å². The first kappa shape index (κ1) is 20.5. The first-order valence-corrected chi connectivity index (χ1v) is 10.6. The first-order chi connectivity index (χ1) is 14.6. The number of amides is 1. The number of halogens is 1. The molecule has 158 valence electrons. The third-order valence-corrected chi connectivity index (χ3v) is 5.45. The monoisotopic (exact) mass is 428 g/mol. The highest BCUT2D eigenvalue weighted by atomic mass is 35.5. The highest BCUT2D eigenvalue weighted by molar-refractivity contribution is 6.28. The quantitative estimate of drug-likeness (QED) is 0.672. The summed E-state index contributed by atoms with van der Waals surface area (Å²) < 4.78 is 11.1. The molecule has 4 rings (SSSR count). The number of nitrogens with zero attached hydrogens (tertiary/aromatic N) is 4. The van der Waals surface area contributed by atoms with E-state index in [1.165, 1.54) is 0 Å². The van der Waals surface area contributed by atoms with Gasteiger partial charge in [-0.15, -0.1) is 0 Å². The Kier molecular flexibility index (Phi) is 6.38. The number of piperazine rings is 1. The van der Waals surface area contributed by atoms with Crippen molar-refractivity contribution >= 4 is 29.6 Å². The summed E-state index contributed by atoms with van der Waals surface area (Å²) in [6, 6.07) is 9.69. The van der Waals surface area contributed by atoms with Crippen LogP contribution in [0.25, 0.3) is 6.08 Å². The minimum Gasteiger partial charge on any atom is -0.498 e. The molecule has 1 amide bonds. The lowest BCUT2D eigenvalue weighted by atomic mass is 10.0. The lowest BCUT2D eigenvalue weighted by Crippen LogP contribution is -2.49. The van der Waals surface area contributed by atoms with Gasteiger partial charge in [0.05, 0.1) is 18.1 Å². The zero-order chi connectivity index (χ0) is 20.9. The highest BCUT2D eigenvalue weighted by Crippen LogP contribution is 2.31. The molecule has 1 aliphatic carbocycles. The van der Waals surface area contributed by atoms with Crippen LogP contribution in [0.1, 0.15) is 30.2 Å². The number of hydrogen-bond acceptors (Lipinski definition) is 6. The molecule has 2 aromatic rings. The van der Waals surface area contributed by atoms with Gasteiger partial charge in [-0.1, -0.05) is 30.3 Å². The van der Waals surface area contributed by atoms with Gasteiger partial charge in [-0.3, -0.25) is 0 Å². The number of benzene rings is 1. The first-order valence-electron chi connectivity index (χ1n) is 10.2. The fraction of sp³-hybridized carbons (Fsp3) is 0.409. The summed E-state index contributed by atoms with van der Waals surface area (Å²) in [6.07, 6.45) is 3.30. The van der Waals surface area contributed by atoms with Crippen LogP contribution in [0.5, 0.6) is 0 Å². The number of anilines is 1. The zero-order valence-electron chi connectivity index (χ0n) is 17.0. The van der Waals surface area contributed by atoms with Crippen LogP contribution in [0.4, 0.5) is 10.6 Å². The molecule has 0 atom stereocenters. The SMILES string of the molecule is CCOC1=Cc2nc(Cl)nc(N3CCN(C(=O)OCc4ccccc4)CC3)c2CC1. The van der Waals surface area contributed by atoms with E-state index in [4.69, 9.17) is 21.1 Å². The number of allylic oxidation sites excluding steroid dienone is 1. The molecule has 0 bridgehead atoms. The average molecular weight is 429 g/mol. The van der Waals surface area contributed by atoms with Crippen molar-refractivity contribution in [3.05, 3.63) is 58.2 Å². The second kappa shape index (κ2) is 9.34. The van der Waals surface area contributed by atoms with E-state index >= 15 is 0 Å². The maximum Gasteiger partial charge on any atom is 0.410 e. The van der Waals surface area contributed by atoms with Crippen LogP contribution >= 0.6 is 11.6 Å². The molecule has 1 saturated heterocycles. The number of carbonyl (C=O) groups is 1. The van der Waals surface area contributed by atoms with Crippen LogP contribution in [0, 0.1) is 0 Å².